The predicted octanol–water partition coefficient (Wildman–Crippen LogP) is 4.43. The zero-order chi connectivity index (χ0) is 15.5. The molecule has 1 aromatic carbocycles. The summed E-state index contributed by atoms with van der Waals surface area (Å²) >= 11 is 5.32. The lowest BCUT2D eigenvalue weighted by molar-refractivity contribution is 0.424. The molecule has 2 aromatic rings. The van der Waals surface area contributed by atoms with Crippen molar-refractivity contribution in [2.45, 2.75) is 39.4 Å². The third-order valence-corrected chi connectivity index (χ3v) is 4.40. The van der Waals surface area contributed by atoms with Crippen LogP contribution in [0.3, 0.4) is 0 Å². The zero-order valence-electron chi connectivity index (χ0n) is 13.0. The molecule has 5 heteroatoms. The van der Waals surface area contributed by atoms with E-state index < -0.39 is 0 Å². The van der Waals surface area contributed by atoms with Gasteiger partial charge in [0.2, 0.25) is 0 Å². The molecule has 2 rings (SSSR count). The maximum absolute atomic E-state index is 4.34. The van der Waals surface area contributed by atoms with Crippen LogP contribution in [-0.2, 0) is 13.1 Å². The predicted molar refractivity (Wildman–Crippen MR) is 95.0 cm³/mol. The van der Waals surface area contributed by atoms with Crippen molar-refractivity contribution in [1.82, 2.24) is 10.3 Å². The Morgan fingerprint density at radius 3 is 2.67 bits per heavy atom. The monoisotopic (exact) mass is 367 g/mol. The van der Waals surface area contributed by atoms with Gasteiger partial charge in [-0.05, 0) is 54.4 Å². The fourth-order valence-corrected chi connectivity index (χ4v) is 3.26. The summed E-state index contributed by atoms with van der Waals surface area (Å²) in [7, 11) is 2.09. The lowest BCUT2D eigenvalue weighted by Crippen LogP contribution is -2.35. The number of rotatable bonds is 5. The Kier molecular flexibility index (Phi) is 5.41. The number of anilines is 1. The molecule has 0 aliphatic rings. The fraction of sp³-hybridized carbons (Fsp3) is 0.438. The zero-order valence-corrected chi connectivity index (χ0v) is 15.4. The van der Waals surface area contributed by atoms with Crippen LogP contribution in [0.25, 0.3) is 0 Å². The number of aromatic nitrogens is 1. The van der Waals surface area contributed by atoms with Crippen molar-refractivity contribution >= 4 is 33.0 Å². The standard InChI is InChI=1S/C16H22BrN3S/c1-16(2,3)19-8-12-5-6-15(14(17)7-12)20(4)9-13-10-21-11-18-13/h5-7,10-11,19H,8-9H2,1-4H3. The van der Waals surface area contributed by atoms with Crippen LogP contribution in [0.2, 0.25) is 0 Å². The third kappa shape index (κ3) is 5.09. The summed E-state index contributed by atoms with van der Waals surface area (Å²) in [6.45, 7) is 8.23. The van der Waals surface area contributed by atoms with Gasteiger partial charge in [0.25, 0.3) is 0 Å². The number of halogens is 1. The minimum atomic E-state index is 0.132. The molecule has 21 heavy (non-hydrogen) atoms. The molecular formula is C16H22BrN3S. The van der Waals surface area contributed by atoms with E-state index in [1.54, 1.807) is 11.3 Å². The highest BCUT2D eigenvalue weighted by Crippen LogP contribution is 2.27. The van der Waals surface area contributed by atoms with E-state index in [2.05, 4.69) is 82.5 Å². The number of benzene rings is 1. The molecule has 0 bridgehead atoms. The first kappa shape index (κ1) is 16.5. The average Bonchev–Trinajstić information content (AvgIpc) is 2.88. The number of thiazole rings is 1. The lowest BCUT2D eigenvalue weighted by Gasteiger charge is -2.22. The molecule has 1 aromatic heterocycles. The van der Waals surface area contributed by atoms with Crippen LogP contribution in [0, 0.1) is 0 Å². The quantitative estimate of drug-likeness (QED) is 0.846. The van der Waals surface area contributed by atoms with Crippen LogP contribution in [0.15, 0.2) is 33.6 Å². The van der Waals surface area contributed by atoms with Crippen molar-refractivity contribution in [3.8, 4) is 0 Å². The van der Waals surface area contributed by atoms with E-state index in [9.17, 15) is 0 Å². The molecule has 3 nitrogen and oxygen atoms in total. The van der Waals surface area contributed by atoms with Crippen molar-refractivity contribution in [3.63, 3.8) is 0 Å². The molecule has 0 aliphatic heterocycles. The van der Waals surface area contributed by atoms with E-state index in [1.807, 2.05) is 5.51 Å². The van der Waals surface area contributed by atoms with Gasteiger partial charge >= 0.3 is 0 Å². The highest BCUT2D eigenvalue weighted by molar-refractivity contribution is 9.10. The number of hydrogen-bond donors (Lipinski definition) is 1. The van der Waals surface area contributed by atoms with Crippen molar-refractivity contribution in [2.75, 3.05) is 11.9 Å². The second-order valence-corrected chi connectivity index (χ2v) is 7.80. The molecular weight excluding hydrogens is 346 g/mol. The molecule has 0 aliphatic carbocycles. The van der Waals surface area contributed by atoms with Crippen LogP contribution in [0.4, 0.5) is 5.69 Å². The Labute approximate surface area is 139 Å². The first-order valence-electron chi connectivity index (χ1n) is 6.97. The molecule has 0 spiro atoms. The Balaban J connectivity index is 2.04. The Morgan fingerprint density at radius 2 is 2.10 bits per heavy atom. The molecule has 0 saturated carbocycles. The van der Waals surface area contributed by atoms with E-state index in [0.29, 0.717) is 0 Å². The van der Waals surface area contributed by atoms with Gasteiger partial charge in [-0.2, -0.15) is 0 Å². The van der Waals surface area contributed by atoms with Crippen molar-refractivity contribution in [2.24, 2.45) is 0 Å². The summed E-state index contributed by atoms with van der Waals surface area (Å²) in [6.07, 6.45) is 0. The SMILES string of the molecule is CN(Cc1cscn1)c1ccc(CNC(C)(C)C)cc1Br. The summed E-state index contributed by atoms with van der Waals surface area (Å²) in [5.41, 5.74) is 5.57. The fourth-order valence-electron chi connectivity index (χ4n) is 1.98. The largest absolute Gasteiger partial charge is 0.368 e. The summed E-state index contributed by atoms with van der Waals surface area (Å²) < 4.78 is 1.12. The van der Waals surface area contributed by atoms with Gasteiger partial charge in [0.1, 0.15) is 0 Å². The Bertz CT molecular complexity index is 576. The molecule has 0 fully saturated rings. The maximum atomic E-state index is 4.34. The molecule has 0 radical (unpaired) electrons. The first-order valence-corrected chi connectivity index (χ1v) is 8.70. The van der Waals surface area contributed by atoms with Gasteiger partial charge in [0.05, 0.1) is 23.4 Å². The van der Waals surface area contributed by atoms with Crippen LogP contribution in [-0.4, -0.2) is 17.6 Å². The van der Waals surface area contributed by atoms with Crippen molar-refractivity contribution in [3.05, 3.63) is 44.8 Å². The molecule has 114 valence electrons. The maximum Gasteiger partial charge on any atom is 0.0795 e. The van der Waals surface area contributed by atoms with E-state index in [0.717, 1.165) is 23.3 Å². The van der Waals surface area contributed by atoms with Gasteiger partial charge in [-0.1, -0.05) is 6.07 Å². The van der Waals surface area contributed by atoms with Gasteiger partial charge in [-0.15, -0.1) is 11.3 Å². The minimum Gasteiger partial charge on any atom is -0.368 e. The number of hydrogen-bond acceptors (Lipinski definition) is 4. The number of nitrogens with one attached hydrogen (secondary N) is 1. The second-order valence-electron chi connectivity index (χ2n) is 6.23. The molecule has 0 atom stereocenters. The molecule has 1 heterocycles. The van der Waals surface area contributed by atoms with Gasteiger partial charge in [-0.25, -0.2) is 4.98 Å². The molecule has 0 amide bonds. The summed E-state index contributed by atoms with van der Waals surface area (Å²) in [4.78, 5) is 6.55. The highest BCUT2D eigenvalue weighted by atomic mass is 79.9. The van der Waals surface area contributed by atoms with Crippen LogP contribution >= 0.6 is 27.3 Å². The molecule has 1 N–H and O–H groups in total. The summed E-state index contributed by atoms with van der Waals surface area (Å²) in [6, 6.07) is 6.53. The topological polar surface area (TPSA) is 28.2 Å². The highest BCUT2D eigenvalue weighted by Gasteiger charge is 2.11. The first-order chi connectivity index (χ1) is 9.85. The van der Waals surface area contributed by atoms with Crippen molar-refractivity contribution in [1.29, 1.82) is 0 Å². The van der Waals surface area contributed by atoms with E-state index in [1.165, 1.54) is 11.3 Å². The van der Waals surface area contributed by atoms with Crippen LogP contribution < -0.4 is 10.2 Å². The number of nitrogens with zero attached hydrogens (tertiary/aromatic N) is 2. The lowest BCUT2D eigenvalue weighted by atomic mass is 10.1. The van der Waals surface area contributed by atoms with Crippen LogP contribution in [0.5, 0.6) is 0 Å². The van der Waals surface area contributed by atoms with E-state index in [4.69, 9.17) is 0 Å². The third-order valence-electron chi connectivity index (χ3n) is 3.13. The second kappa shape index (κ2) is 6.90. The van der Waals surface area contributed by atoms with E-state index >= 15 is 0 Å². The van der Waals surface area contributed by atoms with Gasteiger partial charge in [0.15, 0.2) is 0 Å². The summed E-state index contributed by atoms with van der Waals surface area (Å²) in [5, 5.41) is 5.60. The summed E-state index contributed by atoms with van der Waals surface area (Å²) in [5.74, 6) is 0. The van der Waals surface area contributed by atoms with Crippen LogP contribution in [0.1, 0.15) is 32.0 Å². The van der Waals surface area contributed by atoms with Gasteiger partial charge in [-0.3, -0.25) is 0 Å². The van der Waals surface area contributed by atoms with E-state index in [-0.39, 0.29) is 5.54 Å². The Hall–Kier alpha value is -0.910. The van der Waals surface area contributed by atoms with Gasteiger partial charge in [0, 0.05) is 29.0 Å². The molecule has 0 unspecified atom stereocenters. The normalized spacial score (nSPS) is 11.7. The smallest absolute Gasteiger partial charge is 0.0795 e. The van der Waals surface area contributed by atoms with Gasteiger partial charge < -0.3 is 10.2 Å². The minimum absolute atomic E-state index is 0.132. The van der Waals surface area contributed by atoms with Crippen molar-refractivity contribution < 1.29 is 0 Å². The molecule has 0 saturated heterocycles. The Morgan fingerprint density at radius 1 is 1.33 bits per heavy atom. The average molecular weight is 368 g/mol.